The van der Waals surface area contributed by atoms with Crippen LogP contribution in [0.25, 0.3) is 10.8 Å². The lowest BCUT2D eigenvalue weighted by molar-refractivity contribution is -0.136. The topological polar surface area (TPSA) is 115 Å². The van der Waals surface area contributed by atoms with Crippen molar-refractivity contribution in [1.29, 1.82) is 0 Å². The number of carbonyl (C=O) groups is 2. The first-order valence-corrected chi connectivity index (χ1v) is 24.4. The van der Waals surface area contributed by atoms with Gasteiger partial charge in [0, 0.05) is 23.9 Å². The monoisotopic (exact) mass is 888 g/mol. The van der Waals surface area contributed by atoms with Crippen LogP contribution in [0.2, 0.25) is 0 Å². The molecule has 65 heavy (non-hydrogen) atoms. The van der Waals surface area contributed by atoms with Gasteiger partial charge in [0.2, 0.25) is 0 Å². The molecule has 9 nitrogen and oxygen atoms in total. The van der Waals surface area contributed by atoms with Gasteiger partial charge >= 0.3 is 11.9 Å². The van der Waals surface area contributed by atoms with Gasteiger partial charge in [-0.25, -0.2) is 0 Å². The molecule has 9 heteroatoms. The lowest BCUT2D eigenvalue weighted by Gasteiger charge is -2.22. The van der Waals surface area contributed by atoms with Crippen molar-refractivity contribution < 1.29 is 38.7 Å². The quantitative estimate of drug-likeness (QED) is 0.0384. The fraction of sp³-hybridized carbons (Fsp3) is 0.464. The number of carboxylic acids is 2. The second kappa shape index (κ2) is 29.7. The SMILES string of the molecule is CCCCCCCCCCCCCCCCCCOc1cc(OCCCCc2ccc3cc(OCc4ccccc4)c(OCc4ccccc4)cc3c2)cc(N(CC(=O)O)CC(=O)O)c1. The fourth-order valence-corrected chi connectivity index (χ4v) is 8.09. The number of fused-ring (bicyclic) bond motifs is 1. The number of unbranched alkanes of at least 4 members (excludes halogenated alkanes) is 16. The lowest BCUT2D eigenvalue weighted by Crippen LogP contribution is -2.34. The Morgan fingerprint density at radius 1 is 0.446 bits per heavy atom. The summed E-state index contributed by atoms with van der Waals surface area (Å²) in [6.45, 7) is 3.19. The molecule has 5 aromatic rings. The van der Waals surface area contributed by atoms with Gasteiger partial charge < -0.3 is 34.1 Å². The molecule has 2 N–H and O–H groups in total. The highest BCUT2D eigenvalue weighted by Crippen LogP contribution is 2.35. The van der Waals surface area contributed by atoms with Crippen molar-refractivity contribution in [2.24, 2.45) is 0 Å². The number of benzene rings is 5. The minimum absolute atomic E-state index is 0.432. The average Bonchev–Trinajstić information content (AvgIpc) is 3.31. The summed E-state index contributed by atoms with van der Waals surface area (Å²) >= 11 is 0. The maximum absolute atomic E-state index is 11.7. The van der Waals surface area contributed by atoms with Crippen molar-refractivity contribution in [3.05, 3.63) is 126 Å². The van der Waals surface area contributed by atoms with E-state index in [2.05, 4.69) is 37.3 Å². The number of ether oxygens (including phenoxy) is 4. The van der Waals surface area contributed by atoms with Crippen molar-refractivity contribution in [1.82, 2.24) is 0 Å². The second-order valence-corrected chi connectivity index (χ2v) is 17.3. The summed E-state index contributed by atoms with van der Waals surface area (Å²) < 4.78 is 25.0. The maximum atomic E-state index is 11.7. The minimum atomic E-state index is -1.12. The van der Waals surface area contributed by atoms with E-state index < -0.39 is 25.0 Å². The molecule has 0 aliphatic heterocycles. The summed E-state index contributed by atoms with van der Waals surface area (Å²) in [7, 11) is 0. The van der Waals surface area contributed by atoms with E-state index in [0.717, 1.165) is 54.0 Å². The van der Waals surface area contributed by atoms with Crippen LogP contribution in [-0.4, -0.2) is 48.5 Å². The van der Waals surface area contributed by atoms with E-state index >= 15 is 0 Å². The molecule has 0 saturated heterocycles. The third-order valence-corrected chi connectivity index (χ3v) is 11.7. The van der Waals surface area contributed by atoms with Gasteiger partial charge in [-0.1, -0.05) is 182 Å². The molecule has 5 rings (SSSR count). The highest BCUT2D eigenvalue weighted by atomic mass is 16.5. The molecule has 0 unspecified atom stereocenters. The molecule has 0 aliphatic rings. The van der Waals surface area contributed by atoms with E-state index in [1.54, 1.807) is 12.1 Å². The number of aliphatic carboxylic acids is 2. The maximum Gasteiger partial charge on any atom is 0.323 e. The Kier molecular flexibility index (Phi) is 23.0. The van der Waals surface area contributed by atoms with Gasteiger partial charge in [0.25, 0.3) is 0 Å². The largest absolute Gasteiger partial charge is 0.493 e. The lowest BCUT2D eigenvalue weighted by atomic mass is 10.0. The Hall–Kier alpha value is -5.70. The number of hydrogen-bond acceptors (Lipinski definition) is 7. The Morgan fingerprint density at radius 2 is 0.892 bits per heavy atom. The van der Waals surface area contributed by atoms with Crippen molar-refractivity contribution in [2.75, 3.05) is 31.2 Å². The zero-order valence-corrected chi connectivity index (χ0v) is 38.9. The van der Waals surface area contributed by atoms with Crippen molar-refractivity contribution in [3.63, 3.8) is 0 Å². The van der Waals surface area contributed by atoms with Crippen molar-refractivity contribution in [3.8, 4) is 23.0 Å². The fourth-order valence-electron chi connectivity index (χ4n) is 8.09. The predicted octanol–water partition coefficient (Wildman–Crippen LogP) is 14.0. The van der Waals surface area contributed by atoms with Gasteiger partial charge in [0.05, 0.1) is 13.2 Å². The van der Waals surface area contributed by atoms with E-state index in [-0.39, 0.29) is 0 Å². The van der Waals surface area contributed by atoms with Gasteiger partial charge in [-0.2, -0.15) is 0 Å². The first kappa shape index (κ1) is 50.3. The zero-order valence-electron chi connectivity index (χ0n) is 38.9. The second-order valence-electron chi connectivity index (χ2n) is 17.3. The number of anilines is 1. The molecule has 0 spiro atoms. The Labute approximate surface area is 388 Å². The smallest absolute Gasteiger partial charge is 0.323 e. The van der Waals surface area contributed by atoms with E-state index in [1.165, 1.54) is 100 Å². The summed E-state index contributed by atoms with van der Waals surface area (Å²) in [5.74, 6) is 0.225. The van der Waals surface area contributed by atoms with Crippen LogP contribution in [0.3, 0.4) is 0 Å². The van der Waals surface area contributed by atoms with Crippen LogP contribution in [-0.2, 0) is 29.2 Å². The Morgan fingerprint density at radius 3 is 1.37 bits per heavy atom. The first-order chi connectivity index (χ1) is 31.9. The van der Waals surface area contributed by atoms with Gasteiger partial charge in [-0.15, -0.1) is 0 Å². The highest BCUT2D eigenvalue weighted by Gasteiger charge is 2.17. The number of hydrogen-bond donors (Lipinski definition) is 2. The summed E-state index contributed by atoms with van der Waals surface area (Å²) in [6.07, 6.45) is 23.3. The van der Waals surface area contributed by atoms with Crippen LogP contribution in [0.15, 0.2) is 109 Å². The summed E-state index contributed by atoms with van der Waals surface area (Å²) in [4.78, 5) is 24.7. The van der Waals surface area contributed by atoms with E-state index in [1.807, 2.05) is 66.7 Å². The first-order valence-electron chi connectivity index (χ1n) is 24.4. The van der Waals surface area contributed by atoms with Crippen LogP contribution in [0.1, 0.15) is 139 Å². The van der Waals surface area contributed by atoms with E-state index in [0.29, 0.717) is 55.1 Å². The Balaban J connectivity index is 1.09. The number of rotatable bonds is 35. The molecule has 0 radical (unpaired) electrons. The standard InChI is InChI=1S/C56H73NO8/c1-2-3-4-5-6-7-8-9-10-11-12-13-14-15-16-24-33-62-51-38-50(57(41-55(58)59)42-56(60)61)39-52(40-51)63-34-25-23-26-45-31-32-48-36-53(64-43-46-27-19-17-20-28-46)54(37-49(48)35-45)65-44-47-29-21-18-22-30-47/h17-22,27-32,35-40H,2-16,23-26,33-34,41-44H2,1H3,(H,58,59)(H,60,61). The molecule has 0 amide bonds. The normalized spacial score (nSPS) is 11.1. The molecule has 0 aliphatic carbocycles. The number of carboxylic acid groups (broad SMARTS) is 2. The summed E-state index contributed by atoms with van der Waals surface area (Å²) in [5, 5.41) is 21.3. The van der Waals surface area contributed by atoms with E-state index in [4.69, 9.17) is 18.9 Å². The molecule has 0 fully saturated rings. The molecule has 5 aromatic carbocycles. The summed E-state index contributed by atoms with van der Waals surface area (Å²) in [5.41, 5.74) is 3.80. The molecule has 0 heterocycles. The number of aryl methyl sites for hydroxylation is 1. The molecule has 0 atom stereocenters. The number of nitrogens with zero attached hydrogens (tertiary/aromatic N) is 1. The van der Waals surface area contributed by atoms with Crippen LogP contribution in [0, 0.1) is 0 Å². The van der Waals surface area contributed by atoms with Gasteiger partial charge in [-0.3, -0.25) is 9.59 Å². The molecule has 0 aromatic heterocycles. The van der Waals surface area contributed by atoms with Gasteiger partial charge in [0.15, 0.2) is 11.5 Å². The van der Waals surface area contributed by atoms with Gasteiger partial charge in [-0.05, 0) is 65.3 Å². The van der Waals surface area contributed by atoms with Crippen LogP contribution in [0.5, 0.6) is 23.0 Å². The third kappa shape index (κ3) is 19.9. The Bertz CT molecular complexity index is 2090. The third-order valence-electron chi connectivity index (χ3n) is 11.7. The van der Waals surface area contributed by atoms with Crippen LogP contribution in [0.4, 0.5) is 5.69 Å². The van der Waals surface area contributed by atoms with Gasteiger partial charge in [0.1, 0.15) is 37.8 Å². The molecule has 0 bridgehead atoms. The molecule has 350 valence electrons. The van der Waals surface area contributed by atoms with Crippen LogP contribution >= 0.6 is 0 Å². The molecular weight excluding hydrogens is 815 g/mol. The predicted molar refractivity (Wildman–Crippen MR) is 263 cm³/mol. The average molecular weight is 888 g/mol. The molecule has 0 saturated carbocycles. The summed E-state index contributed by atoms with van der Waals surface area (Å²) in [6, 6.07) is 36.1. The van der Waals surface area contributed by atoms with Crippen molar-refractivity contribution in [2.45, 2.75) is 142 Å². The highest BCUT2D eigenvalue weighted by molar-refractivity contribution is 5.87. The van der Waals surface area contributed by atoms with Crippen LogP contribution < -0.4 is 23.8 Å². The van der Waals surface area contributed by atoms with E-state index in [9.17, 15) is 19.8 Å². The zero-order chi connectivity index (χ0) is 45.7. The minimum Gasteiger partial charge on any atom is -0.493 e. The molecular formula is C56H73NO8. The van der Waals surface area contributed by atoms with Crippen molar-refractivity contribution >= 4 is 28.4 Å².